The Labute approximate surface area is 163 Å². The Hall–Kier alpha value is -3.02. The minimum absolute atomic E-state index is 0.216. The van der Waals surface area contributed by atoms with Crippen LogP contribution in [0.15, 0.2) is 49.1 Å². The van der Waals surface area contributed by atoms with Crippen molar-refractivity contribution in [2.75, 3.05) is 12.0 Å². The molecule has 142 valence electrons. The Bertz CT molecular complexity index is 1060. The number of rotatable bonds is 5. The molecule has 0 bridgehead atoms. The van der Waals surface area contributed by atoms with E-state index in [-0.39, 0.29) is 6.23 Å². The van der Waals surface area contributed by atoms with Crippen LogP contribution in [0.1, 0.15) is 55.0 Å². The van der Waals surface area contributed by atoms with Gasteiger partial charge in [0.2, 0.25) is 12.1 Å². The van der Waals surface area contributed by atoms with Crippen LogP contribution in [0.2, 0.25) is 0 Å². The molecule has 28 heavy (non-hydrogen) atoms. The van der Waals surface area contributed by atoms with E-state index in [4.69, 9.17) is 9.47 Å². The summed E-state index contributed by atoms with van der Waals surface area (Å²) in [6.07, 6.45) is 12.4. The van der Waals surface area contributed by atoms with Gasteiger partial charge < -0.3 is 14.4 Å². The van der Waals surface area contributed by atoms with Gasteiger partial charge >= 0.3 is 0 Å². The summed E-state index contributed by atoms with van der Waals surface area (Å²) in [6.45, 7) is 0. The Kier molecular flexibility index (Phi) is 3.42. The van der Waals surface area contributed by atoms with E-state index < -0.39 is 0 Å². The average Bonchev–Trinajstić information content (AvgIpc) is 3.67. The van der Waals surface area contributed by atoms with Crippen molar-refractivity contribution in [2.45, 2.75) is 43.9 Å². The van der Waals surface area contributed by atoms with Crippen molar-refractivity contribution in [3.63, 3.8) is 0 Å². The predicted octanol–water partition coefficient (Wildman–Crippen LogP) is 4.66. The fourth-order valence-corrected chi connectivity index (χ4v) is 4.08. The second kappa shape index (κ2) is 5.99. The molecule has 2 aliphatic carbocycles. The molecule has 1 atom stereocenters. The summed E-state index contributed by atoms with van der Waals surface area (Å²) in [5, 5.41) is 5.86. The third kappa shape index (κ3) is 2.55. The van der Waals surface area contributed by atoms with Gasteiger partial charge in [-0.2, -0.15) is 5.10 Å². The number of anilines is 1. The van der Waals surface area contributed by atoms with Gasteiger partial charge in [0.15, 0.2) is 0 Å². The maximum Gasteiger partial charge on any atom is 0.212 e. The van der Waals surface area contributed by atoms with Gasteiger partial charge in [-0.1, -0.05) is 0 Å². The molecule has 0 spiro atoms. The van der Waals surface area contributed by atoms with E-state index in [9.17, 15) is 0 Å². The van der Waals surface area contributed by atoms with Crippen LogP contribution in [0, 0.1) is 0 Å². The monoisotopic (exact) mass is 374 g/mol. The minimum atomic E-state index is -0.216. The summed E-state index contributed by atoms with van der Waals surface area (Å²) in [6, 6.07) is 9.11. The Morgan fingerprint density at radius 1 is 1.11 bits per heavy atom. The normalized spacial score (nSPS) is 21.3. The van der Waals surface area contributed by atoms with Crippen LogP contribution in [-0.2, 0) is 4.74 Å². The lowest BCUT2D eigenvalue weighted by Gasteiger charge is -2.27. The third-order valence-electron chi connectivity index (χ3n) is 5.87. The largest absolute Gasteiger partial charge is 0.481 e. The molecule has 3 heterocycles. The first kappa shape index (κ1) is 16.0. The standard InChI is InChI=1S/C22H22N4O2/c1-27-21-7-4-15(12-23-21)22-25(8-9-28-22)20-10-16-13-24-26(17-5-6-17)19(16)11-18(20)14-2-3-14/h4,7-14,17,22H,2-3,5-6H2,1H3. The maximum absolute atomic E-state index is 5.94. The molecule has 1 aliphatic heterocycles. The van der Waals surface area contributed by atoms with Gasteiger partial charge in [0.05, 0.1) is 24.9 Å². The van der Waals surface area contributed by atoms with E-state index in [1.54, 1.807) is 13.4 Å². The van der Waals surface area contributed by atoms with E-state index in [1.165, 1.54) is 47.8 Å². The summed E-state index contributed by atoms with van der Waals surface area (Å²) in [5.41, 5.74) is 4.87. The zero-order valence-corrected chi connectivity index (χ0v) is 15.8. The SMILES string of the molecule is COc1ccc(C2OC=CN2c2cc3cnn(C4CC4)c3cc2C2CC2)cn1. The summed E-state index contributed by atoms with van der Waals surface area (Å²) in [7, 11) is 1.63. The first-order valence-electron chi connectivity index (χ1n) is 9.93. The fourth-order valence-electron chi connectivity index (χ4n) is 4.08. The van der Waals surface area contributed by atoms with Crippen molar-refractivity contribution in [1.82, 2.24) is 14.8 Å². The van der Waals surface area contributed by atoms with Crippen LogP contribution in [0.5, 0.6) is 5.88 Å². The van der Waals surface area contributed by atoms with Crippen molar-refractivity contribution >= 4 is 16.6 Å². The summed E-state index contributed by atoms with van der Waals surface area (Å²) in [4.78, 5) is 6.56. The zero-order chi connectivity index (χ0) is 18.7. The van der Waals surface area contributed by atoms with E-state index in [0.29, 0.717) is 17.8 Å². The molecule has 1 aromatic carbocycles. The lowest BCUT2D eigenvalue weighted by Crippen LogP contribution is -2.21. The highest BCUT2D eigenvalue weighted by Gasteiger charge is 2.34. The molecule has 3 aromatic rings. The van der Waals surface area contributed by atoms with Gasteiger partial charge in [-0.25, -0.2) is 4.98 Å². The first-order chi connectivity index (χ1) is 13.8. The van der Waals surface area contributed by atoms with Gasteiger partial charge in [-0.15, -0.1) is 0 Å². The Morgan fingerprint density at radius 2 is 2.00 bits per heavy atom. The molecular formula is C22H22N4O2. The van der Waals surface area contributed by atoms with E-state index in [0.717, 1.165) is 5.56 Å². The fraction of sp³-hybridized carbons (Fsp3) is 0.364. The molecule has 2 fully saturated rings. The number of hydrogen-bond acceptors (Lipinski definition) is 5. The lowest BCUT2D eigenvalue weighted by molar-refractivity contribution is 0.174. The second-order valence-corrected chi connectivity index (χ2v) is 7.88. The van der Waals surface area contributed by atoms with Crippen molar-refractivity contribution in [2.24, 2.45) is 0 Å². The third-order valence-corrected chi connectivity index (χ3v) is 5.87. The van der Waals surface area contributed by atoms with E-state index in [1.807, 2.05) is 30.7 Å². The number of ether oxygens (including phenoxy) is 2. The molecule has 1 unspecified atom stereocenters. The second-order valence-electron chi connectivity index (χ2n) is 7.88. The molecular weight excluding hydrogens is 352 g/mol. The number of benzene rings is 1. The molecule has 0 N–H and O–H groups in total. The zero-order valence-electron chi connectivity index (χ0n) is 15.8. The molecule has 6 nitrogen and oxygen atoms in total. The van der Waals surface area contributed by atoms with Gasteiger partial charge in [-0.3, -0.25) is 4.68 Å². The molecule has 2 saturated carbocycles. The van der Waals surface area contributed by atoms with Gasteiger partial charge in [0.1, 0.15) is 6.26 Å². The van der Waals surface area contributed by atoms with Crippen LogP contribution in [0.3, 0.4) is 0 Å². The number of pyridine rings is 1. The van der Waals surface area contributed by atoms with Gasteiger partial charge in [0.25, 0.3) is 0 Å². The summed E-state index contributed by atoms with van der Waals surface area (Å²) in [5.74, 6) is 1.24. The van der Waals surface area contributed by atoms with Crippen molar-refractivity contribution in [3.8, 4) is 5.88 Å². The minimum Gasteiger partial charge on any atom is -0.481 e. The summed E-state index contributed by atoms with van der Waals surface area (Å²) >= 11 is 0. The molecule has 0 amide bonds. The highest BCUT2D eigenvalue weighted by atomic mass is 16.5. The molecule has 0 radical (unpaired) electrons. The quantitative estimate of drug-likeness (QED) is 0.650. The maximum atomic E-state index is 5.94. The van der Waals surface area contributed by atoms with Crippen LogP contribution >= 0.6 is 0 Å². The molecule has 6 heteroatoms. The van der Waals surface area contributed by atoms with Crippen LogP contribution in [0.25, 0.3) is 10.9 Å². The smallest absolute Gasteiger partial charge is 0.212 e. The van der Waals surface area contributed by atoms with E-state index >= 15 is 0 Å². The molecule has 0 saturated heterocycles. The highest BCUT2D eigenvalue weighted by molar-refractivity contribution is 5.86. The predicted molar refractivity (Wildman–Crippen MR) is 106 cm³/mol. The summed E-state index contributed by atoms with van der Waals surface area (Å²) < 4.78 is 13.3. The van der Waals surface area contributed by atoms with Gasteiger partial charge in [-0.05, 0) is 55.4 Å². The first-order valence-corrected chi connectivity index (χ1v) is 9.93. The molecule has 6 rings (SSSR count). The topological polar surface area (TPSA) is 52.4 Å². The van der Waals surface area contributed by atoms with E-state index in [2.05, 4.69) is 31.8 Å². The molecule has 3 aliphatic rings. The highest BCUT2D eigenvalue weighted by Crippen LogP contribution is 2.49. The van der Waals surface area contributed by atoms with Crippen molar-refractivity contribution in [1.29, 1.82) is 0 Å². The average molecular weight is 374 g/mol. The lowest BCUT2D eigenvalue weighted by atomic mass is 10.0. The van der Waals surface area contributed by atoms with Crippen molar-refractivity contribution in [3.05, 3.63) is 60.2 Å². The van der Waals surface area contributed by atoms with Gasteiger partial charge in [0, 0.05) is 35.1 Å². The molecule has 2 aromatic heterocycles. The van der Waals surface area contributed by atoms with Crippen LogP contribution < -0.4 is 9.64 Å². The number of fused-ring (bicyclic) bond motifs is 1. The Morgan fingerprint density at radius 3 is 2.71 bits per heavy atom. The van der Waals surface area contributed by atoms with Crippen LogP contribution in [0.4, 0.5) is 5.69 Å². The Balaban J connectivity index is 1.43. The number of methoxy groups -OCH3 is 1. The van der Waals surface area contributed by atoms with Crippen molar-refractivity contribution < 1.29 is 9.47 Å². The number of aromatic nitrogens is 3. The number of hydrogen-bond donors (Lipinski definition) is 0. The number of nitrogens with zero attached hydrogens (tertiary/aromatic N) is 4. The van der Waals surface area contributed by atoms with Crippen LogP contribution in [-0.4, -0.2) is 21.9 Å².